The predicted octanol–water partition coefficient (Wildman–Crippen LogP) is 1.85. The fourth-order valence-electron chi connectivity index (χ4n) is 3.46. The number of fused-ring (bicyclic) bond motifs is 1. The van der Waals surface area contributed by atoms with Crippen molar-refractivity contribution < 1.29 is 32.3 Å². The van der Waals surface area contributed by atoms with Crippen molar-refractivity contribution in [1.82, 2.24) is 0 Å². The Morgan fingerprint density at radius 3 is 2.54 bits per heavy atom. The molecular weight excluding hydrogens is 371 g/mol. The summed E-state index contributed by atoms with van der Waals surface area (Å²) in [6.45, 7) is 3.10. The molecule has 8 heteroatoms. The standard InChI is InChI=1S/C20H18F3N3O2/c21-20(22,23)15-5-6-19(24-12-15)26-9-7-25(8-10-26)13-16(27)18-11-14-3-1-2-4-17(14)28-18/h1-6,11-12H,7-10,13H2/p+2. The number of aromatic amines is 1. The zero-order valence-electron chi connectivity index (χ0n) is 15.1. The Kier molecular flexibility index (Phi) is 4.80. The van der Waals surface area contributed by atoms with E-state index in [4.69, 9.17) is 4.42 Å². The van der Waals surface area contributed by atoms with E-state index in [1.54, 1.807) is 6.07 Å². The fraction of sp³-hybridized carbons (Fsp3) is 0.300. The zero-order valence-corrected chi connectivity index (χ0v) is 15.1. The smallest absolute Gasteiger partial charge is 0.419 e. The largest absolute Gasteiger partial charge is 0.453 e. The normalized spacial score (nSPS) is 15.9. The van der Waals surface area contributed by atoms with Gasteiger partial charge in [-0.3, -0.25) is 9.69 Å². The number of carbonyl (C=O) groups excluding carboxylic acids is 1. The van der Waals surface area contributed by atoms with Gasteiger partial charge in [0.15, 0.2) is 5.76 Å². The van der Waals surface area contributed by atoms with Crippen LogP contribution in [0.25, 0.3) is 11.0 Å². The van der Waals surface area contributed by atoms with Crippen LogP contribution in [-0.2, 0) is 6.18 Å². The van der Waals surface area contributed by atoms with Crippen molar-refractivity contribution in [2.45, 2.75) is 6.18 Å². The van der Waals surface area contributed by atoms with Gasteiger partial charge in [0.1, 0.15) is 44.5 Å². The fourth-order valence-corrected chi connectivity index (χ4v) is 3.46. The third-order valence-corrected chi connectivity index (χ3v) is 5.05. The van der Waals surface area contributed by atoms with E-state index in [0.29, 0.717) is 36.8 Å². The van der Waals surface area contributed by atoms with Gasteiger partial charge in [0, 0.05) is 11.5 Å². The number of hydrogen-bond donors (Lipinski definition) is 1. The van der Waals surface area contributed by atoms with Crippen LogP contribution in [0.4, 0.5) is 19.0 Å². The van der Waals surface area contributed by atoms with Crippen molar-refractivity contribution in [3.63, 3.8) is 0 Å². The molecule has 1 fully saturated rings. The van der Waals surface area contributed by atoms with E-state index in [0.717, 1.165) is 35.6 Å². The molecule has 0 amide bonds. The summed E-state index contributed by atoms with van der Waals surface area (Å²) in [5.74, 6) is 0.976. The highest BCUT2D eigenvalue weighted by atomic mass is 19.4. The van der Waals surface area contributed by atoms with Crippen molar-refractivity contribution in [3.05, 3.63) is 60.0 Å². The number of Topliss-reactive ketones (excluding diaryl/α,β-unsaturated/α-hetero) is 1. The number of quaternary nitrogens is 1. The molecular formula is C20H20F3N3O2+2. The Balaban J connectivity index is 1.34. The molecule has 146 valence electrons. The number of aromatic nitrogens is 1. The predicted molar refractivity (Wildman–Crippen MR) is 96.3 cm³/mol. The van der Waals surface area contributed by atoms with Gasteiger partial charge < -0.3 is 9.32 Å². The second-order valence-corrected chi connectivity index (χ2v) is 6.95. The number of carbonyl (C=O) groups is 1. The highest BCUT2D eigenvalue weighted by Gasteiger charge is 2.33. The number of anilines is 1. The summed E-state index contributed by atoms with van der Waals surface area (Å²) in [7, 11) is 0. The summed E-state index contributed by atoms with van der Waals surface area (Å²) in [6.07, 6.45) is -3.37. The molecule has 0 aliphatic carbocycles. The number of ketones is 1. The molecule has 0 spiro atoms. The van der Waals surface area contributed by atoms with Crippen LogP contribution in [0.15, 0.2) is 53.1 Å². The summed E-state index contributed by atoms with van der Waals surface area (Å²) >= 11 is 0. The van der Waals surface area contributed by atoms with Gasteiger partial charge in [-0.15, -0.1) is 0 Å². The zero-order chi connectivity index (χ0) is 19.7. The number of halogens is 3. The number of alkyl halides is 3. The minimum Gasteiger partial charge on any atom is -0.453 e. The molecule has 3 aromatic rings. The van der Waals surface area contributed by atoms with Crippen LogP contribution in [0.3, 0.4) is 0 Å². The topological polar surface area (TPSA) is 52.0 Å². The lowest BCUT2D eigenvalue weighted by Gasteiger charge is -2.27. The summed E-state index contributed by atoms with van der Waals surface area (Å²) in [5.41, 5.74) is 0.000419. The van der Waals surface area contributed by atoms with Crippen LogP contribution < -0.4 is 14.8 Å². The number of piperazine rings is 1. The lowest BCUT2D eigenvalue weighted by molar-refractivity contribution is -0.892. The van der Waals surface area contributed by atoms with Gasteiger partial charge in [-0.05, 0) is 18.2 Å². The van der Waals surface area contributed by atoms with Crippen LogP contribution in [-0.4, -0.2) is 38.5 Å². The van der Waals surface area contributed by atoms with E-state index in [1.807, 2.05) is 29.2 Å². The number of nitrogens with one attached hydrogen (secondary N) is 2. The van der Waals surface area contributed by atoms with E-state index in [2.05, 4.69) is 4.98 Å². The molecule has 3 heterocycles. The van der Waals surface area contributed by atoms with Gasteiger partial charge in [0.2, 0.25) is 0 Å². The van der Waals surface area contributed by atoms with Crippen LogP contribution in [0, 0.1) is 0 Å². The number of pyridine rings is 1. The Labute approximate surface area is 159 Å². The van der Waals surface area contributed by atoms with Gasteiger partial charge >= 0.3 is 6.18 Å². The molecule has 0 atom stereocenters. The Bertz CT molecular complexity index is 941. The van der Waals surface area contributed by atoms with E-state index in [-0.39, 0.29) is 5.78 Å². The molecule has 1 aliphatic heterocycles. The highest BCUT2D eigenvalue weighted by molar-refractivity contribution is 5.98. The number of H-pyrrole nitrogens is 1. The second kappa shape index (κ2) is 7.27. The van der Waals surface area contributed by atoms with Crippen LogP contribution in [0.1, 0.15) is 16.1 Å². The maximum Gasteiger partial charge on any atom is 0.419 e. The number of nitrogens with zero attached hydrogens (tertiary/aromatic N) is 1. The number of rotatable bonds is 4. The van der Waals surface area contributed by atoms with Crippen molar-refractivity contribution in [2.24, 2.45) is 0 Å². The van der Waals surface area contributed by atoms with E-state index < -0.39 is 11.7 Å². The average Bonchev–Trinajstić information content (AvgIpc) is 3.12. The Morgan fingerprint density at radius 1 is 1.14 bits per heavy atom. The van der Waals surface area contributed by atoms with Crippen molar-refractivity contribution in [3.8, 4) is 0 Å². The van der Waals surface area contributed by atoms with Crippen LogP contribution >= 0.6 is 0 Å². The van der Waals surface area contributed by atoms with Crippen molar-refractivity contribution in [1.29, 1.82) is 0 Å². The molecule has 2 N–H and O–H groups in total. The first-order valence-electron chi connectivity index (χ1n) is 9.09. The minimum absolute atomic E-state index is 0.0410. The quantitative estimate of drug-likeness (QED) is 0.691. The van der Waals surface area contributed by atoms with Crippen molar-refractivity contribution >= 4 is 22.6 Å². The maximum atomic E-state index is 12.7. The Hall–Kier alpha value is -2.87. The van der Waals surface area contributed by atoms with Gasteiger partial charge in [-0.2, -0.15) is 13.2 Å². The molecule has 0 radical (unpaired) electrons. The van der Waals surface area contributed by atoms with Gasteiger partial charge in [-0.25, -0.2) is 4.98 Å². The minimum atomic E-state index is -4.35. The summed E-state index contributed by atoms with van der Waals surface area (Å²) in [5, 5.41) is 0.906. The van der Waals surface area contributed by atoms with E-state index >= 15 is 0 Å². The molecule has 2 aromatic heterocycles. The first-order chi connectivity index (χ1) is 13.4. The van der Waals surface area contributed by atoms with Crippen LogP contribution in [0.2, 0.25) is 0 Å². The third-order valence-electron chi connectivity index (χ3n) is 5.05. The average molecular weight is 391 g/mol. The molecule has 1 aliphatic rings. The lowest BCUT2D eigenvalue weighted by atomic mass is 10.2. The first kappa shape index (κ1) is 18.5. The number of furan rings is 1. The first-order valence-corrected chi connectivity index (χ1v) is 9.09. The maximum absolute atomic E-state index is 12.7. The van der Waals surface area contributed by atoms with E-state index in [9.17, 15) is 18.0 Å². The van der Waals surface area contributed by atoms with Crippen molar-refractivity contribution in [2.75, 3.05) is 37.6 Å². The molecule has 5 nitrogen and oxygen atoms in total. The molecule has 0 saturated carbocycles. The summed E-state index contributed by atoms with van der Waals surface area (Å²) in [6, 6.07) is 11.8. The monoisotopic (exact) mass is 391 g/mol. The van der Waals surface area contributed by atoms with Gasteiger partial charge in [0.25, 0.3) is 11.6 Å². The summed E-state index contributed by atoms with van der Waals surface area (Å²) < 4.78 is 43.6. The molecule has 1 saturated heterocycles. The molecule has 0 unspecified atom stereocenters. The second-order valence-electron chi connectivity index (χ2n) is 6.95. The van der Waals surface area contributed by atoms with Crippen LogP contribution in [0.5, 0.6) is 0 Å². The van der Waals surface area contributed by atoms with E-state index in [1.165, 1.54) is 6.07 Å². The van der Waals surface area contributed by atoms with Gasteiger partial charge in [0.05, 0.1) is 5.56 Å². The number of hydrogen-bond acceptors (Lipinski definition) is 3. The third kappa shape index (κ3) is 3.87. The molecule has 28 heavy (non-hydrogen) atoms. The SMILES string of the molecule is O=C(C[NH+]1CCN(c2ccc(C(F)(F)F)c[nH+]2)CC1)c1cc2ccccc2o1. The highest BCUT2D eigenvalue weighted by Crippen LogP contribution is 2.28. The molecule has 1 aromatic carbocycles. The molecule has 4 rings (SSSR count). The number of para-hydroxylation sites is 1. The Morgan fingerprint density at radius 2 is 1.89 bits per heavy atom. The van der Waals surface area contributed by atoms with Gasteiger partial charge in [-0.1, -0.05) is 18.2 Å². The summed E-state index contributed by atoms with van der Waals surface area (Å²) in [4.78, 5) is 18.4. The molecule has 0 bridgehead atoms. The lowest BCUT2D eigenvalue weighted by Crippen LogP contribution is -3.15. The number of benzene rings is 1.